The van der Waals surface area contributed by atoms with Gasteiger partial charge < -0.3 is 14.6 Å². The van der Waals surface area contributed by atoms with Gasteiger partial charge in [0.2, 0.25) is 12.1 Å². The van der Waals surface area contributed by atoms with Gasteiger partial charge in [0.15, 0.2) is 5.12 Å². The number of hydrogen-bond acceptors (Lipinski definition) is 10. The molecule has 0 aromatic heterocycles. The Morgan fingerprint density at radius 1 is 1.31 bits per heavy atom. The second-order valence-corrected chi connectivity index (χ2v) is 7.17. The van der Waals surface area contributed by atoms with Crippen LogP contribution in [0.4, 0.5) is 5.69 Å². The van der Waals surface area contributed by atoms with E-state index in [-0.39, 0.29) is 36.7 Å². The van der Waals surface area contributed by atoms with Crippen molar-refractivity contribution >= 4 is 40.4 Å². The Bertz CT molecular complexity index is 812. The quantitative estimate of drug-likeness (QED) is 0.259. The summed E-state index contributed by atoms with van der Waals surface area (Å²) in [5.41, 5.74) is 0.331. The van der Waals surface area contributed by atoms with Crippen LogP contribution in [0.5, 0.6) is 0 Å². The van der Waals surface area contributed by atoms with E-state index in [1.54, 1.807) is 0 Å². The number of nitro groups is 1. The number of rotatable bonds is 9. The number of ether oxygens (including phenoxy) is 2. The van der Waals surface area contributed by atoms with Crippen LogP contribution in [-0.2, 0) is 35.3 Å². The Kier molecular flexibility index (Phi) is 7.67. The highest BCUT2D eigenvalue weighted by atomic mass is 32.2. The summed E-state index contributed by atoms with van der Waals surface area (Å²) < 4.78 is 9.37. The van der Waals surface area contributed by atoms with Gasteiger partial charge in [-0.1, -0.05) is 11.8 Å². The van der Waals surface area contributed by atoms with Gasteiger partial charge in [0.1, 0.15) is 6.61 Å². The summed E-state index contributed by atoms with van der Waals surface area (Å²) in [6, 6.07) is 5.27. The zero-order valence-corrected chi connectivity index (χ0v) is 16.1. The van der Waals surface area contributed by atoms with Crippen molar-refractivity contribution in [2.75, 3.05) is 7.11 Å². The zero-order chi connectivity index (χ0) is 21.6. The fourth-order valence-electron chi connectivity index (χ4n) is 2.37. The van der Waals surface area contributed by atoms with Crippen LogP contribution in [0, 0.1) is 10.1 Å². The smallest absolute Gasteiger partial charge is 0.356 e. The van der Waals surface area contributed by atoms with Gasteiger partial charge >= 0.3 is 11.9 Å². The molecular formula is C17H18N2O9S. The molecule has 1 heterocycles. The molecule has 0 aliphatic carbocycles. The van der Waals surface area contributed by atoms with E-state index in [1.807, 2.05) is 0 Å². The van der Waals surface area contributed by atoms with Crippen molar-refractivity contribution in [3.8, 4) is 0 Å². The summed E-state index contributed by atoms with van der Waals surface area (Å²) >= 11 is 0.742. The molecular weight excluding hydrogens is 408 g/mol. The minimum Gasteiger partial charge on any atom is -0.469 e. The number of aliphatic hydroxyl groups is 1. The largest absolute Gasteiger partial charge is 0.469 e. The molecule has 29 heavy (non-hydrogen) atoms. The normalized spacial score (nSPS) is 16.6. The highest BCUT2D eigenvalue weighted by molar-refractivity contribution is 8.14. The number of carbonyl (C=O) groups excluding carboxylic acids is 4. The van der Waals surface area contributed by atoms with E-state index in [1.165, 1.54) is 31.4 Å². The number of aliphatic hydroxyl groups excluding tert-OH is 1. The molecule has 0 spiro atoms. The molecule has 2 atom stereocenters. The minimum atomic E-state index is -1.89. The molecule has 1 aromatic carbocycles. The molecule has 1 saturated heterocycles. The average Bonchev–Trinajstić information content (AvgIpc) is 2.69. The lowest BCUT2D eigenvalue weighted by atomic mass is 10.2. The van der Waals surface area contributed by atoms with Crippen LogP contribution in [0.25, 0.3) is 0 Å². The number of thioether (sulfide) groups is 1. The van der Waals surface area contributed by atoms with Crippen LogP contribution in [0.1, 0.15) is 24.8 Å². The summed E-state index contributed by atoms with van der Waals surface area (Å²) in [7, 11) is 1.20. The summed E-state index contributed by atoms with van der Waals surface area (Å²) in [4.78, 5) is 57.6. The van der Waals surface area contributed by atoms with Gasteiger partial charge in [-0.2, -0.15) is 0 Å². The molecule has 1 aliphatic rings. The number of hydrogen-bond donors (Lipinski definition) is 1. The highest BCUT2D eigenvalue weighted by Crippen LogP contribution is 2.32. The maximum atomic E-state index is 12.0. The molecule has 0 saturated carbocycles. The Hall–Kier alpha value is -2.99. The molecule has 1 fully saturated rings. The van der Waals surface area contributed by atoms with Crippen LogP contribution in [0.2, 0.25) is 0 Å². The van der Waals surface area contributed by atoms with Gasteiger partial charge in [-0.3, -0.25) is 29.4 Å². The Balaban J connectivity index is 1.85. The SMILES string of the molecule is COC(=O)CCC(=O)SC1CC(=O)N1C(O)C(=O)OCc1ccc([N+](=O)[O-])cc1. The monoisotopic (exact) mass is 426 g/mol. The Morgan fingerprint density at radius 2 is 1.97 bits per heavy atom. The van der Waals surface area contributed by atoms with Gasteiger partial charge in [0, 0.05) is 18.6 Å². The van der Waals surface area contributed by atoms with Crippen molar-refractivity contribution in [1.82, 2.24) is 4.90 Å². The predicted octanol–water partition coefficient (Wildman–Crippen LogP) is 0.728. The molecule has 0 bridgehead atoms. The van der Waals surface area contributed by atoms with Gasteiger partial charge in [-0.15, -0.1) is 0 Å². The lowest BCUT2D eigenvalue weighted by molar-refractivity contribution is -0.384. The number of carbonyl (C=O) groups is 4. The molecule has 12 heteroatoms. The lowest BCUT2D eigenvalue weighted by Gasteiger charge is -2.41. The van der Waals surface area contributed by atoms with Crippen molar-refractivity contribution in [3.63, 3.8) is 0 Å². The number of likely N-dealkylation sites (tertiary alicyclic amines) is 1. The molecule has 2 rings (SSSR count). The van der Waals surface area contributed by atoms with E-state index in [0.717, 1.165) is 16.7 Å². The van der Waals surface area contributed by atoms with E-state index in [2.05, 4.69) is 4.74 Å². The van der Waals surface area contributed by atoms with Gasteiger partial charge in [0.25, 0.3) is 5.69 Å². The average molecular weight is 426 g/mol. The summed E-state index contributed by atoms with van der Waals surface area (Å²) in [6.07, 6.45) is -2.14. The summed E-state index contributed by atoms with van der Waals surface area (Å²) in [5, 5.41) is 19.6. The fraction of sp³-hybridized carbons (Fsp3) is 0.412. The number of nitrogens with zero attached hydrogens (tertiary/aromatic N) is 2. The lowest BCUT2D eigenvalue weighted by Crippen LogP contribution is -2.59. The standard InChI is InChI=1S/C17H18N2O9S/c1-27-14(21)6-7-15(22)29-13-8-12(20)18(13)16(23)17(24)28-9-10-2-4-11(5-3-10)19(25)26/h2-5,13,16,23H,6-9H2,1H3. The van der Waals surface area contributed by atoms with E-state index >= 15 is 0 Å². The van der Waals surface area contributed by atoms with E-state index in [9.17, 15) is 34.4 Å². The third kappa shape index (κ3) is 5.99. The predicted molar refractivity (Wildman–Crippen MR) is 98.0 cm³/mol. The first-order chi connectivity index (χ1) is 13.7. The summed E-state index contributed by atoms with van der Waals surface area (Å²) in [6.45, 7) is -0.258. The number of amides is 1. The second-order valence-electron chi connectivity index (χ2n) is 5.93. The molecule has 1 aromatic rings. The van der Waals surface area contributed by atoms with Crippen LogP contribution < -0.4 is 0 Å². The molecule has 1 N–H and O–H groups in total. The van der Waals surface area contributed by atoms with Crippen LogP contribution in [-0.4, -0.2) is 56.6 Å². The fourth-order valence-corrected chi connectivity index (χ4v) is 3.46. The summed E-state index contributed by atoms with van der Waals surface area (Å²) in [5.74, 6) is -2.16. The molecule has 1 aliphatic heterocycles. The Labute approximate surface area is 169 Å². The zero-order valence-electron chi connectivity index (χ0n) is 15.3. The van der Waals surface area contributed by atoms with Gasteiger partial charge in [-0.25, -0.2) is 4.79 Å². The Morgan fingerprint density at radius 3 is 2.52 bits per heavy atom. The van der Waals surface area contributed by atoms with Crippen LogP contribution in [0.3, 0.4) is 0 Å². The first kappa shape index (κ1) is 22.3. The van der Waals surface area contributed by atoms with Crippen molar-refractivity contribution < 1.29 is 38.7 Å². The molecule has 156 valence electrons. The number of non-ortho nitro benzene ring substituents is 1. The molecule has 1 amide bonds. The van der Waals surface area contributed by atoms with Crippen molar-refractivity contribution in [2.24, 2.45) is 0 Å². The van der Waals surface area contributed by atoms with E-state index < -0.39 is 34.4 Å². The number of nitro benzene ring substituents is 1. The number of benzene rings is 1. The molecule has 2 unspecified atom stereocenters. The maximum Gasteiger partial charge on any atom is 0.356 e. The van der Waals surface area contributed by atoms with Gasteiger partial charge in [-0.05, 0) is 17.7 Å². The minimum absolute atomic E-state index is 0.0404. The molecule has 0 radical (unpaired) electrons. The van der Waals surface area contributed by atoms with Crippen LogP contribution in [0.15, 0.2) is 24.3 Å². The number of esters is 2. The highest BCUT2D eigenvalue weighted by Gasteiger charge is 2.45. The van der Waals surface area contributed by atoms with Crippen molar-refractivity contribution in [3.05, 3.63) is 39.9 Å². The molecule has 11 nitrogen and oxygen atoms in total. The van der Waals surface area contributed by atoms with Crippen LogP contribution >= 0.6 is 11.8 Å². The third-order valence-electron chi connectivity index (χ3n) is 3.98. The number of methoxy groups -OCH3 is 1. The van der Waals surface area contributed by atoms with Crippen molar-refractivity contribution in [1.29, 1.82) is 0 Å². The van der Waals surface area contributed by atoms with E-state index in [4.69, 9.17) is 4.74 Å². The number of β-lactam (4-membered cyclic amide) rings is 1. The van der Waals surface area contributed by atoms with E-state index in [0.29, 0.717) is 5.56 Å². The van der Waals surface area contributed by atoms with Crippen molar-refractivity contribution in [2.45, 2.75) is 37.5 Å². The third-order valence-corrected chi connectivity index (χ3v) is 5.11. The topological polar surface area (TPSA) is 153 Å². The van der Waals surface area contributed by atoms with Gasteiger partial charge in [0.05, 0.1) is 30.2 Å². The maximum absolute atomic E-state index is 12.0. The second kappa shape index (κ2) is 9.98. The first-order valence-electron chi connectivity index (χ1n) is 8.38. The first-order valence-corrected chi connectivity index (χ1v) is 9.26.